The van der Waals surface area contributed by atoms with Crippen molar-refractivity contribution in [1.82, 2.24) is 0 Å². The summed E-state index contributed by atoms with van der Waals surface area (Å²) in [5.74, 6) is 0.274. The molecule has 0 aliphatic rings. The normalized spacial score (nSPS) is 12.3. The molecule has 0 radical (unpaired) electrons. The van der Waals surface area contributed by atoms with Gasteiger partial charge in [0.25, 0.3) is 0 Å². The van der Waals surface area contributed by atoms with Crippen molar-refractivity contribution in [3.8, 4) is 11.5 Å². The lowest BCUT2D eigenvalue weighted by atomic mass is 10.1. The third-order valence-electron chi connectivity index (χ3n) is 2.63. The van der Waals surface area contributed by atoms with Gasteiger partial charge in [-0.1, -0.05) is 17.7 Å². The summed E-state index contributed by atoms with van der Waals surface area (Å²) in [5, 5.41) is 9.53. The summed E-state index contributed by atoms with van der Waals surface area (Å²) in [4.78, 5) is 0. The fraction of sp³-hybridized carbons (Fsp3) is 0.143. The molecule has 106 valence electrons. The largest absolute Gasteiger partial charge is 0.455 e. The summed E-state index contributed by atoms with van der Waals surface area (Å²) in [6.45, 7) is 1.67. The van der Waals surface area contributed by atoms with Gasteiger partial charge in [-0.2, -0.15) is 0 Å². The van der Waals surface area contributed by atoms with Crippen molar-refractivity contribution in [3.63, 3.8) is 0 Å². The van der Waals surface area contributed by atoms with E-state index in [1.165, 1.54) is 12.1 Å². The predicted molar refractivity (Wildman–Crippen MR) is 84.0 cm³/mol. The molecule has 20 heavy (non-hydrogen) atoms. The van der Waals surface area contributed by atoms with Gasteiger partial charge < -0.3 is 9.84 Å². The van der Waals surface area contributed by atoms with Crippen LogP contribution in [0.3, 0.4) is 0 Å². The number of rotatable bonds is 3. The zero-order valence-electron chi connectivity index (χ0n) is 10.3. The molecule has 0 aliphatic heterocycles. The molecule has 0 spiro atoms. The molecule has 0 heterocycles. The van der Waals surface area contributed by atoms with Gasteiger partial charge in [0.1, 0.15) is 17.3 Å². The Hall–Kier alpha value is -0.620. The molecule has 1 N–H and O–H groups in total. The monoisotopic (exact) mass is 422 g/mol. The Bertz CT molecular complexity index is 647. The van der Waals surface area contributed by atoms with Crippen LogP contribution in [0.4, 0.5) is 4.39 Å². The lowest BCUT2D eigenvalue weighted by molar-refractivity contribution is 0.199. The average Bonchev–Trinajstić information content (AvgIpc) is 2.37. The molecule has 0 aliphatic carbocycles. The molecule has 2 aromatic carbocycles. The van der Waals surface area contributed by atoms with E-state index in [0.717, 1.165) is 5.56 Å². The number of hydrogen-bond donors (Lipinski definition) is 1. The summed E-state index contributed by atoms with van der Waals surface area (Å²) in [6.07, 6.45) is -0.569. The van der Waals surface area contributed by atoms with Gasteiger partial charge in [-0.25, -0.2) is 4.39 Å². The van der Waals surface area contributed by atoms with Crippen LogP contribution in [0, 0.1) is 5.82 Å². The van der Waals surface area contributed by atoms with Crippen molar-refractivity contribution in [1.29, 1.82) is 0 Å². The summed E-state index contributed by atoms with van der Waals surface area (Å²) < 4.78 is 20.3. The standard InChI is InChI=1S/C14H10Br2ClFO2/c1-7(19)8-2-3-13(9(15)4-8)20-14-6-12(18)11(17)5-10(14)16/h2-7,19H,1H3/t7-/m0/s1. The second-order valence-corrected chi connectivity index (χ2v) is 6.28. The molecule has 2 rings (SSSR count). The number of aliphatic hydroxyl groups excluding tert-OH is 1. The Morgan fingerprint density at radius 2 is 1.80 bits per heavy atom. The van der Waals surface area contributed by atoms with Crippen molar-refractivity contribution in [2.24, 2.45) is 0 Å². The van der Waals surface area contributed by atoms with E-state index in [9.17, 15) is 9.50 Å². The second-order valence-electron chi connectivity index (χ2n) is 4.16. The molecular formula is C14H10Br2ClFO2. The molecular weight excluding hydrogens is 414 g/mol. The first-order valence-corrected chi connectivity index (χ1v) is 7.65. The molecule has 0 bridgehead atoms. The van der Waals surface area contributed by atoms with Crippen LogP contribution >= 0.6 is 43.5 Å². The molecule has 0 fully saturated rings. The van der Waals surface area contributed by atoms with E-state index in [2.05, 4.69) is 31.9 Å². The van der Waals surface area contributed by atoms with Gasteiger partial charge in [-0.3, -0.25) is 0 Å². The van der Waals surface area contributed by atoms with Gasteiger partial charge in [0.15, 0.2) is 0 Å². The molecule has 0 amide bonds. The lowest BCUT2D eigenvalue weighted by Gasteiger charge is -2.12. The van der Waals surface area contributed by atoms with Gasteiger partial charge in [0.2, 0.25) is 0 Å². The van der Waals surface area contributed by atoms with Gasteiger partial charge in [0, 0.05) is 6.07 Å². The van der Waals surface area contributed by atoms with E-state index in [4.69, 9.17) is 16.3 Å². The van der Waals surface area contributed by atoms with Crippen LogP contribution in [0.2, 0.25) is 5.02 Å². The van der Waals surface area contributed by atoms with Crippen molar-refractivity contribution in [3.05, 3.63) is 55.7 Å². The molecule has 6 heteroatoms. The Morgan fingerprint density at radius 1 is 1.15 bits per heavy atom. The number of aliphatic hydroxyl groups is 1. The van der Waals surface area contributed by atoms with E-state index >= 15 is 0 Å². The third kappa shape index (κ3) is 3.52. The molecule has 0 unspecified atom stereocenters. The Morgan fingerprint density at radius 3 is 2.40 bits per heavy atom. The minimum Gasteiger partial charge on any atom is -0.455 e. The average molecular weight is 424 g/mol. The summed E-state index contributed by atoms with van der Waals surface area (Å²) in [6, 6.07) is 7.84. The van der Waals surface area contributed by atoms with Crippen molar-refractivity contribution >= 4 is 43.5 Å². The van der Waals surface area contributed by atoms with Gasteiger partial charge in [-0.05, 0) is 62.5 Å². The van der Waals surface area contributed by atoms with Gasteiger partial charge in [0.05, 0.1) is 20.1 Å². The molecule has 0 saturated carbocycles. The number of halogens is 4. The predicted octanol–water partition coefficient (Wildman–Crippen LogP) is 5.85. The van der Waals surface area contributed by atoms with Gasteiger partial charge >= 0.3 is 0 Å². The van der Waals surface area contributed by atoms with Crippen LogP contribution < -0.4 is 4.74 Å². The third-order valence-corrected chi connectivity index (χ3v) is 4.16. The fourth-order valence-corrected chi connectivity index (χ4v) is 2.76. The fourth-order valence-electron chi connectivity index (χ4n) is 1.56. The summed E-state index contributed by atoms with van der Waals surface area (Å²) in [5.41, 5.74) is 0.755. The zero-order valence-corrected chi connectivity index (χ0v) is 14.3. The SMILES string of the molecule is C[C@H](O)c1ccc(Oc2cc(F)c(Cl)cc2Br)c(Br)c1. The highest BCUT2D eigenvalue weighted by Crippen LogP contribution is 2.37. The Balaban J connectivity index is 2.33. The second kappa shape index (κ2) is 6.43. The van der Waals surface area contributed by atoms with E-state index in [1.54, 1.807) is 25.1 Å². The molecule has 1 atom stereocenters. The van der Waals surface area contributed by atoms with E-state index in [1.807, 2.05) is 0 Å². The first-order chi connectivity index (χ1) is 9.38. The quantitative estimate of drug-likeness (QED) is 0.627. The molecule has 0 aromatic heterocycles. The van der Waals surface area contributed by atoms with Crippen LogP contribution in [0.1, 0.15) is 18.6 Å². The maximum atomic E-state index is 13.5. The van der Waals surface area contributed by atoms with E-state index in [-0.39, 0.29) is 5.02 Å². The number of ether oxygens (including phenoxy) is 1. The minimum absolute atomic E-state index is 0.0211. The minimum atomic E-state index is -0.569. The molecule has 2 aromatic rings. The van der Waals surface area contributed by atoms with Crippen molar-refractivity contribution < 1.29 is 14.2 Å². The highest BCUT2D eigenvalue weighted by Gasteiger charge is 2.12. The van der Waals surface area contributed by atoms with Crippen LogP contribution in [0.15, 0.2) is 39.3 Å². The van der Waals surface area contributed by atoms with E-state index in [0.29, 0.717) is 20.4 Å². The van der Waals surface area contributed by atoms with Crippen LogP contribution in [-0.2, 0) is 0 Å². The summed E-state index contributed by atoms with van der Waals surface area (Å²) >= 11 is 12.3. The summed E-state index contributed by atoms with van der Waals surface area (Å²) in [7, 11) is 0. The van der Waals surface area contributed by atoms with Crippen LogP contribution in [0.25, 0.3) is 0 Å². The topological polar surface area (TPSA) is 29.5 Å². The molecule has 0 saturated heterocycles. The maximum absolute atomic E-state index is 13.5. The smallest absolute Gasteiger partial charge is 0.145 e. The van der Waals surface area contributed by atoms with Crippen molar-refractivity contribution in [2.75, 3.05) is 0 Å². The Kier molecular flexibility index (Phi) is 5.07. The van der Waals surface area contributed by atoms with Crippen molar-refractivity contribution in [2.45, 2.75) is 13.0 Å². The first kappa shape index (κ1) is 15.8. The molecule has 2 nitrogen and oxygen atoms in total. The zero-order chi connectivity index (χ0) is 14.9. The number of benzene rings is 2. The maximum Gasteiger partial charge on any atom is 0.145 e. The first-order valence-electron chi connectivity index (χ1n) is 5.68. The Labute approximate surface area is 137 Å². The van der Waals surface area contributed by atoms with Crippen LogP contribution in [-0.4, -0.2) is 5.11 Å². The van der Waals surface area contributed by atoms with E-state index < -0.39 is 11.9 Å². The van der Waals surface area contributed by atoms with Crippen LogP contribution in [0.5, 0.6) is 11.5 Å². The lowest BCUT2D eigenvalue weighted by Crippen LogP contribution is -1.93. The highest BCUT2D eigenvalue weighted by molar-refractivity contribution is 9.11. The highest BCUT2D eigenvalue weighted by atomic mass is 79.9. The number of hydrogen-bond acceptors (Lipinski definition) is 2. The van der Waals surface area contributed by atoms with Gasteiger partial charge in [-0.15, -0.1) is 0 Å².